The molecule has 0 atom stereocenters. The van der Waals surface area contributed by atoms with Gasteiger partial charge in [-0.05, 0) is 48.7 Å². The maximum Gasteiger partial charge on any atom is 0.243 e. The van der Waals surface area contributed by atoms with Crippen molar-refractivity contribution in [3.63, 3.8) is 0 Å². The van der Waals surface area contributed by atoms with Crippen molar-refractivity contribution < 1.29 is 9.53 Å². The summed E-state index contributed by atoms with van der Waals surface area (Å²) in [5, 5.41) is 5.84. The van der Waals surface area contributed by atoms with E-state index in [2.05, 4.69) is 27.4 Å². The Morgan fingerprint density at radius 1 is 1.03 bits per heavy atom. The lowest BCUT2D eigenvalue weighted by Crippen LogP contribution is -2.15. The number of nitrogens with one attached hydrogen (secondary N) is 1. The minimum absolute atomic E-state index is 0.157. The maximum absolute atomic E-state index is 12.6. The summed E-state index contributed by atoms with van der Waals surface area (Å²) in [4.78, 5) is 21.6. The van der Waals surface area contributed by atoms with Gasteiger partial charge >= 0.3 is 0 Å². The van der Waals surface area contributed by atoms with Gasteiger partial charge in [-0.15, -0.1) is 11.3 Å². The number of benzene rings is 2. The number of carbonyl (C=O) groups excluding carboxylic acids is 1. The van der Waals surface area contributed by atoms with E-state index in [0.29, 0.717) is 11.6 Å². The van der Waals surface area contributed by atoms with Crippen LogP contribution in [0, 0.1) is 13.8 Å². The van der Waals surface area contributed by atoms with Crippen LogP contribution in [-0.2, 0) is 17.6 Å². The molecule has 31 heavy (non-hydrogen) atoms. The van der Waals surface area contributed by atoms with E-state index >= 15 is 0 Å². The molecule has 156 valence electrons. The van der Waals surface area contributed by atoms with Crippen LogP contribution in [0.4, 0.5) is 5.69 Å². The number of anilines is 1. The van der Waals surface area contributed by atoms with Gasteiger partial charge in [0, 0.05) is 18.0 Å². The number of hydrogen-bond acceptors (Lipinski definition) is 5. The molecule has 0 aliphatic heterocycles. The Balaban J connectivity index is 1.42. The molecule has 5 nitrogen and oxygen atoms in total. The molecule has 0 saturated carbocycles. The summed E-state index contributed by atoms with van der Waals surface area (Å²) in [5.41, 5.74) is 4.67. The molecule has 0 aliphatic rings. The summed E-state index contributed by atoms with van der Waals surface area (Å²) in [6.07, 6.45) is 2.61. The lowest BCUT2D eigenvalue weighted by atomic mass is 10.1. The van der Waals surface area contributed by atoms with Gasteiger partial charge in [0.25, 0.3) is 0 Å². The molecule has 2 aromatic carbocycles. The van der Waals surface area contributed by atoms with E-state index < -0.39 is 0 Å². The van der Waals surface area contributed by atoms with Crippen molar-refractivity contribution in [2.75, 3.05) is 5.32 Å². The largest absolute Gasteiger partial charge is 0.437 e. The molecule has 1 amide bonds. The number of ether oxygens (including phenoxy) is 1. The van der Waals surface area contributed by atoms with Crippen molar-refractivity contribution in [3.8, 4) is 11.6 Å². The molecule has 4 rings (SSSR count). The highest BCUT2D eigenvalue weighted by Gasteiger charge is 2.13. The van der Waals surface area contributed by atoms with Crippen molar-refractivity contribution in [1.82, 2.24) is 9.97 Å². The zero-order valence-corrected chi connectivity index (χ0v) is 18.3. The highest BCUT2D eigenvalue weighted by atomic mass is 32.1. The molecular weight excluding hydrogens is 406 g/mol. The quantitative estimate of drug-likeness (QED) is 0.408. The topological polar surface area (TPSA) is 64.1 Å². The molecule has 0 saturated heterocycles. The van der Waals surface area contributed by atoms with Crippen molar-refractivity contribution in [2.24, 2.45) is 0 Å². The second-order valence-electron chi connectivity index (χ2n) is 7.28. The van der Waals surface area contributed by atoms with Gasteiger partial charge in [0.15, 0.2) is 0 Å². The van der Waals surface area contributed by atoms with E-state index in [9.17, 15) is 4.79 Å². The van der Waals surface area contributed by atoms with Gasteiger partial charge in [-0.25, -0.2) is 9.97 Å². The number of nitrogens with zero attached hydrogens (tertiary/aromatic N) is 2. The highest BCUT2D eigenvalue weighted by molar-refractivity contribution is 7.09. The predicted molar refractivity (Wildman–Crippen MR) is 124 cm³/mol. The fourth-order valence-corrected chi connectivity index (χ4v) is 3.97. The first-order valence-electron chi connectivity index (χ1n) is 10.0. The minimum atomic E-state index is -0.157. The number of aromatic nitrogens is 2. The summed E-state index contributed by atoms with van der Waals surface area (Å²) in [5.74, 6) is 0.933. The SMILES string of the molecule is Cc1cccc(Oc2ncccc2NC(=O)Cc2csc(Cc3ccccc3)n2)c1C. The normalized spacial score (nSPS) is 10.6. The van der Waals surface area contributed by atoms with Crippen LogP contribution in [-0.4, -0.2) is 15.9 Å². The molecule has 2 aromatic heterocycles. The zero-order chi connectivity index (χ0) is 21.6. The van der Waals surface area contributed by atoms with E-state index in [1.165, 1.54) is 5.56 Å². The molecular formula is C25H23N3O2S. The number of pyridine rings is 1. The lowest BCUT2D eigenvalue weighted by Gasteiger charge is -2.13. The van der Waals surface area contributed by atoms with Gasteiger partial charge in [-0.1, -0.05) is 42.5 Å². The van der Waals surface area contributed by atoms with Crippen LogP contribution in [0.25, 0.3) is 0 Å². The zero-order valence-electron chi connectivity index (χ0n) is 17.5. The third-order valence-electron chi connectivity index (χ3n) is 4.95. The van der Waals surface area contributed by atoms with E-state index in [-0.39, 0.29) is 12.3 Å². The van der Waals surface area contributed by atoms with E-state index in [4.69, 9.17) is 4.74 Å². The van der Waals surface area contributed by atoms with Gasteiger partial charge in [-0.2, -0.15) is 0 Å². The number of rotatable bonds is 7. The van der Waals surface area contributed by atoms with E-state index in [1.54, 1.807) is 29.7 Å². The number of thiazole rings is 1. The summed E-state index contributed by atoms with van der Waals surface area (Å²) >= 11 is 1.57. The Labute approximate surface area is 185 Å². The Kier molecular flexibility index (Phi) is 6.38. The Bertz CT molecular complexity index is 1190. The number of amides is 1. The number of hydrogen-bond donors (Lipinski definition) is 1. The van der Waals surface area contributed by atoms with Gasteiger partial charge in [0.1, 0.15) is 11.4 Å². The first-order valence-corrected chi connectivity index (χ1v) is 10.9. The number of carbonyl (C=O) groups is 1. The summed E-state index contributed by atoms with van der Waals surface area (Å²) in [7, 11) is 0. The third-order valence-corrected chi connectivity index (χ3v) is 5.84. The molecule has 0 radical (unpaired) electrons. The average molecular weight is 430 g/mol. The lowest BCUT2D eigenvalue weighted by molar-refractivity contribution is -0.115. The van der Waals surface area contributed by atoms with Crippen LogP contribution in [0.2, 0.25) is 0 Å². The van der Waals surface area contributed by atoms with Crippen LogP contribution in [0.1, 0.15) is 27.4 Å². The standard InChI is InChI=1S/C25H23N3O2S/c1-17-8-6-12-22(18(17)2)30-25-21(11-7-13-26-25)28-23(29)15-20-16-31-24(27-20)14-19-9-4-3-5-10-19/h3-13,16H,14-15H2,1-2H3,(H,28,29). The fourth-order valence-electron chi connectivity index (χ4n) is 3.15. The molecule has 1 N–H and O–H groups in total. The van der Waals surface area contributed by atoms with E-state index in [1.807, 2.05) is 55.6 Å². The molecule has 0 unspecified atom stereocenters. The summed E-state index contributed by atoms with van der Waals surface area (Å²) in [6.45, 7) is 4.03. The van der Waals surface area contributed by atoms with E-state index in [0.717, 1.165) is 34.0 Å². The second-order valence-corrected chi connectivity index (χ2v) is 8.22. The predicted octanol–water partition coefficient (Wildman–Crippen LogP) is 5.72. The summed E-state index contributed by atoms with van der Waals surface area (Å²) in [6, 6.07) is 19.6. The molecule has 6 heteroatoms. The van der Waals surface area contributed by atoms with Crippen molar-refractivity contribution in [1.29, 1.82) is 0 Å². The van der Waals surface area contributed by atoms with Crippen LogP contribution in [0.15, 0.2) is 72.2 Å². The first kappa shape index (κ1) is 20.8. The smallest absolute Gasteiger partial charge is 0.243 e. The minimum Gasteiger partial charge on any atom is -0.437 e. The molecule has 0 fully saturated rings. The molecule has 2 heterocycles. The van der Waals surface area contributed by atoms with Gasteiger partial charge in [0.05, 0.1) is 17.1 Å². The molecule has 0 bridgehead atoms. The maximum atomic E-state index is 12.6. The average Bonchev–Trinajstić information content (AvgIpc) is 3.20. The van der Waals surface area contributed by atoms with Gasteiger partial charge < -0.3 is 10.1 Å². The Morgan fingerprint density at radius 3 is 2.71 bits per heavy atom. The third kappa shape index (κ3) is 5.35. The first-order chi connectivity index (χ1) is 15.1. The Morgan fingerprint density at radius 2 is 1.87 bits per heavy atom. The number of aryl methyl sites for hydroxylation is 1. The van der Waals surface area contributed by atoms with Crippen molar-refractivity contribution in [2.45, 2.75) is 26.7 Å². The molecule has 0 spiro atoms. The monoisotopic (exact) mass is 429 g/mol. The van der Waals surface area contributed by atoms with Crippen LogP contribution >= 0.6 is 11.3 Å². The summed E-state index contributed by atoms with van der Waals surface area (Å²) < 4.78 is 6.00. The molecule has 4 aromatic rings. The van der Waals surface area contributed by atoms with Crippen molar-refractivity contribution >= 4 is 22.9 Å². The van der Waals surface area contributed by atoms with Crippen LogP contribution in [0.5, 0.6) is 11.6 Å². The van der Waals surface area contributed by atoms with Gasteiger partial charge in [0.2, 0.25) is 11.8 Å². The highest BCUT2D eigenvalue weighted by Crippen LogP contribution is 2.30. The van der Waals surface area contributed by atoms with Crippen molar-refractivity contribution in [3.05, 3.63) is 99.6 Å². The second kappa shape index (κ2) is 9.53. The fraction of sp³-hybridized carbons (Fsp3) is 0.160. The molecule has 0 aliphatic carbocycles. The Hall–Kier alpha value is -3.51. The van der Waals surface area contributed by atoms with Crippen LogP contribution in [0.3, 0.4) is 0 Å². The van der Waals surface area contributed by atoms with Gasteiger partial charge in [-0.3, -0.25) is 4.79 Å². The van der Waals surface area contributed by atoms with Crippen LogP contribution < -0.4 is 10.1 Å².